The van der Waals surface area contributed by atoms with Crippen molar-refractivity contribution < 1.29 is 4.39 Å². The average molecular weight is 283 g/mol. The Kier molecular flexibility index (Phi) is 3.04. The quantitative estimate of drug-likeness (QED) is 0.842. The molecule has 1 aromatic rings. The van der Waals surface area contributed by atoms with Crippen LogP contribution in [0, 0.1) is 5.82 Å². The van der Waals surface area contributed by atoms with Crippen LogP contribution in [0.3, 0.4) is 0 Å². The van der Waals surface area contributed by atoms with Gasteiger partial charge in [0.2, 0.25) is 0 Å². The highest BCUT2D eigenvalue weighted by atomic mass is 79.9. The molecule has 2 N–H and O–H groups in total. The Balaban J connectivity index is 3.25. The molecule has 0 bridgehead atoms. The van der Waals surface area contributed by atoms with Crippen LogP contribution in [0.25, 0.3) is 0 Å². The highest BCUT2D eigenvalue weighted by Gasteiger charge is 2.05. The van der Waals surface area contributed by atoms with Crippen molar-refractivity contribution in [2.75, 3.05) is 0 Å². The van der Waals surface area contributed by atoms with Gasteiger partial charge in [-0.25, -0.2) is 4.39 Å². The van der Waals surface area contributed by atoms with E-state index < -0.39 is 0 Å². The maximum Gasteiger partial charge on any atom is 0.129 e. The zero-order chi connectivity index (χ0) is 8.43. The molecule has 0 atom stereocenters. The second-order valence-corrected chi connectivity index (χ2v) is 3.82. The molecule has 0 aliphatic carbocycles. The second kappa shape index (κ2) is 3.65. The number of hydrogen-bond donors (Lipinski definition) is 1. The fourth-order valence-electron chi connectivity index (χ4n) is 0.767. The van der Waals surface area contributed by atoms with Crippen molar-refractivity contribution in [3.63, 3.8) is 0 Å². The molecular weight excluding hydrogens is 277 g/mol. The topological polar surface area (TPSA) is 26.0 Å². The van der Waals surface area contributed by atoms with Crippen molar-refractivity contribution in [1.82, 2.24) is 0 Å². The van der Waals surface area contributed by atoms with Gasteiger partial charge in [-0.3, -0.25) is 0 Å². The molecule has 11 heavy (non-hydrogen) atoms. The minimum absolute atomic E-state index is 0.208. The Morgan fingerprint density at radius 2 is 2.00 bits per heavy atom. The molecule has 0 aliphatic rings. The summed E-state index contributed by atoms with van der Waals surface area (Å²) >= 11 is 6.37. The molecule has 0 unspecified atom stereocenters. The first kappa shape index (κ1) is 9.16. The summed E-state index contributed by atoms with van der Waals surface area (Å²) in [6.07, 6.45) is 0. The molecule has 0 heterocycles. The largest absolute Gasteiger partial charge is 0.326 e. The third kappa shape index (κ3) is 2.01. The monoisotopic (exact) mass is 281 g/mol. The van der Waals surface area contributed by atoms with Crippen LogP contribution in [0.15, 0.2) is 21.1 Å². The predicted molar refractivity (Wildman–Crippen MR) is 49.7 cm³/mol. The van der Waals surface area contributed by atoms with Crippen molar-refractivity contribution in [2.45, 2.75) is 6.54 Å². The minimum Gasteiger partial charge on any atom is -0.326 e. The van der Waals surface area contributed by atoms with Crippen LogP contribution in [-0.2, 0) is 6.54 Å². The zero-order valence-electron chi connectivity index (χ0n) is 5.57. The Labute approximate surface area is 81.0 Å². The molecule has 0 fully saturated rings. The van der Waals surface area contributed by atoms with Gasteiger partial charge in [-0.15, -0.1) is 0 Å². The molecule has 1 aromatic carbocycles. The van der Waals surface area contributed by atoms with Crippen LogP contribution >= 0.6 is 31.9 Å². The fraction of sp³-hybridized carbons (Fsp3) is 0.143. The molecule has 60 valence electrons. The summed E-state index contributed by atoms with van der Waals surface area (Å²) in [5, 5.41) is 0. The Morgan fingerprint density at radius 3 is 2.45 bits per heavy atom. The van der Waals surface area contributed by atoms with E-state index in [2.05, 4.69) is 31.9 Å². The zero-order valence-corrected chi connectivity index (χ0v) is 8.75. The molecule has 0 aromatic heterocycles. The van der Waals surface area contributed by atoms with E-state index >= 15 is 0 Å². The van der Waals surface area contributed by atoms with Gasteiger partial charge in [0.15, 0.2) is 0 Å². The minimum atomic E-state index is -0.284. The van der Waals surface area contributed by atoms with Gasteiger partial charge in [0.05, 0.1) is 0 Å². The Morgan fingerprint density at radius 1 is 1.36 bits per heavy atom. The Hall–Kier alpha value is 0.0700. The summed E-state index contributed by atoms with van der Waals surface area (Å²) in [5.41, 5.74) is 5.82. The van der Waals surface area contributed by atoms with Crippen molar-refractivity contribution in [1.29, 1.82) is 0 Å². The molecular formula is C7H6Br2FN. The van der Waals surface area contributed by atoms with E-state index in [0.29, 0.717) is 14.5 Å². The van der Waals surface area contributed by atoms with Crippen molar-refractivity contribution in [3.05, 3.63) is 32.5 Å². The normalized spacial score (nSPS) is 10.2. The number of benzene rings is 1. The van der Waals surface area contributed by atoms with Crippen LogP contribution in [0.2, 0.25) is 0 Å². The summed E-state index contributed by atoms with van der Waals surface area (Å²) in [7, 11) is 0. The second-order valence-electron chi connectivity index (χ2n) is 2.05. The molecule has 1 rings (SSSR count). The van der Waals surface area contributed by atoms with Crippen LogP contribution in [-0.4, -0.2) is 0 Å². The predicted octanol–water partition coefficient (Wildman–Crippen LogP) is 2.81. The molecule has 0 saturated carbocycles. The molecule has 0 saturated heterocycles. The molecule has 0 spiro atoms. The van der Waals surface area contributed by atoms with E-state index in [4.69, 9.17) is 5.73 Å². The maximum absolute atomic E-state index is 13.0. The molecule has 0 aliphatic heterocycles. The summed E-state index contributed by atoms with van der Waals surface area (Å²) in [4.78, 5) is 0. The van der Waals surface area contributed by atoms with E-state index in [-0.39, 0.29) is 12.4 Å². The van der Waals surface area contributed by atoms with Crippen molar-refractivity contribution in [2.24, 2.45) is 5.73 Å². The number of rotatable bonds is 1. The van der Waals surface area contributed by atoms with Crippen LogP contribution in [0.5, 0.6) is 0 Å². The van der Waals surface area contributed by atoms with Gasteiger partial charge in [-0.1, -0.05) is 31.9 Å². The first-order valence-electron chi connectivity index (χ1n) is 2.98. The highest BCUT2D eigenvalue weighted by Crippen LogP contribution is 2.24. The molecule has 1 nitrogen and oxygen atoms in total. The third-order valence-corrected chi connectivity index (χ3v) is 2.48. The fourth-order valence-corrected chi connectivity index (χ4v) is 2.10. The van der Waals surface area contributed by atoms with Gasteiger partial charge in [0.1, 0.15) is 5.82 Å². The lowest BCUT2D eigenvalue weighted by Crippen LogP contribution is -2.00. The number of nitrogens with two attached hydrogens (primary N) is 1. The van der Waals surface area contributed by atoms with E-state index in [1.165, 1.54) is 6.07 Å². The van der Waals surface area contributed by atoms with Gasteiger partial charge in [-0.05, 0) is 12.1 Å². The summed E-state index contributed by atoms with van der Waals surface area (Å²) in [5.74, 6) is -0.284. The summed E-state index contributed by atoms with van der Waals surface area (Å²) in [6.45, 7) is 0.208. The lowest BCUT2D eigenvalue weighted by Gasteiger charge is -2.02. The molecule has 4 heteroatoms. The maximum atomic E-state index is 13.0. The SMILES string of the molecule is NCc1c(F)cc(Br)cc1Br. The smallest absolute Gasteiger partial charge is 0.129 e. The van der Waals surface area contributed by atoms with Crippen LogP contribution in [0.1, 0.15) is 5.56 Å². The van der Waals surface area contributed by atoms with Crippen LogP contribution in [0.4, 0.5) is 4.39 Å². The van der Waals surface area contributed by atoms with Gasteiger partial charge in [-0.2, -0.15) is 0 Å². The summed E-state index contributed by atoms with van der Waals surface area (Å²) < 4.78 is 14.4. The first-order chi connectivity index (χ1) is 5.15. The highest BCUT2D eigenvalue weighted by molar-refractivity contribution is 9.11. The average Bonchev–Trinajstić information content (AvgIpc) is 1.85. The van der Waals surface area contributed by atoms with Gasteiger partial charge < -0.3 is 5.73 Å². The standard InChI is InChI=1S/C7H6Br2FN/c8-4-1-6(9)5(3-11)7(10)2-4/h1-2H,3,11H2. The lowest BCUT2D eigenvalue weighted by molar-refractivity contribution is 0.608. The van der Waals surface area contributed by atoms with Crippen LogP contribution < -0.4 is 5.73 Å². The summed E-state index contributed by atoms with van der Waals surface area (Å²) in [6, 6.07) is 3.16. The van der Waals surface area contributed by atoms with Gasteiger partial charge in [0.25, 0.3) is 0 Å². The Bertz CT molecular complexity index is 252. The van der Waals surface area contributed by atoms with Crippen molar-refractivity contribution in [3.8, 4) is 0 Å². The van der Waals surface area contributed by atoms with E-state index in [1.54, 1.807) is 6.07 Å². The number of halogens is 3. The van der Waals surface area contributed by atoms with E-state index in [1.807, 2.05) is 0 Å². The van der Waals surface area contributed by atoms with Crippen molar-refractivity contribution >= 4 is 31.9 Å². The van der Waals surface area contributed by atoms with E-state index in [9.17, 15) is 4.39 Å². The lowest BCUT2D eigenvalue weighted by atomic mass is 10.2. The molecule has 0 amide bonds. The first-order valence-corrected chi connectivity index (χ1v) is 4.57. The van der Waals surface area contributed by atoms with Gasteiger partial charge >= 0.3 is 0 Å². The van der Waals surface area contributed by atoms with Gasteiger partial charge in [0, 0.05) is 21.1 Å². The third-order valence-electron chi connectivity index (χ3n) is 1.31. The molecule has 0 radical (unpaired) electrons. The van der Waals surface area contributed by atoms with E-state index in [0.717, 1.165) is 0 Å². The number of hydrogen-bond acceptors (Lipinski definition) is 1.